The summed E-state index contributed by atoms with van der Waals surface area (Å²) >= 11 is 7.84. The third-order valence-corrected chi connectivity index (χ3v) is 7.90. The summed E-state index contributed by atoms with van der Waals surface area (Å²) in [6.07, 6.45) is -4.05. The zero-order chi connectivity index (χ0) is 19.7. The van der Waals surface area contributed by atoms with Crippen molar-refractivity contribution in [2.75, 3.05) is 18.8 Å². The molecule has 1 atom stereocenters. The lowest BCUT2D eigenvalue weighted by Crippen LogP contribution is -2.33. The van der Waals surface area contributed by atoms with Gasteiger partial charge in [0.05, 0.1) is 10.5 Å². The molecule has 0 aromatic heterocycles. The number of benzene rings is 2. The van der Waals surface area contributed by atoms with Crippen molar-refractivity contribution in [1.82, 2.24) is 4.31 Å². The molecule has 2 aromatic carbocycles. The quantitative estimate of drug-likeness (QED) is 0.662. The number of halogens is 4. The minimum atomic E-state index is -4.59. The van der Waals surface area contributed by atoms with E-state index in [0.29, 0.717) is 23.3 Å². The first-order valence-corrected chi connectivity index (χ1v) is 11.1. The summed E-state index contributed by atoms with van der Waals surface area (Å²) in [5.41, 5.74) is -0.0239. The van der Waals surface area contributed by atoms with Crippen LogP contribution in [0.5, 0.6) is 0 Å². The molecule has 0 spiro atoms. The highest BCUT2D eigenvalue weighted by Gasteiger charge is 2.34. The van der Waals surface area contributed by atoms with Crippen LogP contribution in [0.25, 0.3) is 0 Å². The molecule has 3 nitrogen and oxygen atoms in total. The molecule has 0 saturated carbocycles. The zero-order valence-corrected chi connectivity index (χ0v) is 16.5. The van der Waals surface area contributed by atoms with E-state index >= 15 is 0 Å². The van der Waals surface area contributed by atoms with Crippen molar-refractivity contribution in [2.24, 2.45) is 0 Å². The highest BCUT2D eigenvalue weighted by atomic mass is 35.5. The van der Waals surface area contributed by atoms with Crippen LogP contribution in [0.2, 0.25) is 5.02 Å². The maximum absolute atomic E-state index is 12.9. The van der Waals surface area contributed by atoms with E-state index < -0.39 is 21.8 Å². The minimum Gasteiger partial charge on any atom is -0.207 e. The molecule has 0 radical (unpaired) electrons. The number of alkyl halides is 3. The fourth-order valence-corrected chi connectivity index (χ4v) is 6.17. The Labute approximate surface area is 165 Å². The summed E-state index contributed by atoms with van der Waals surface area (Å²) in [4.78, 5) is -0.335. The van der Waals surface area contributed by atoms with E-state index in [1.54, 1.807) is 17.8 Å². The highest BCUT2D eigenvalue weighted by molar-refractivity contribution is 7.99. The van der Waals surface area contributed by atoms with Crippen molar-refractivity contribution < 1.29 is 21.6 Å². The van der Waals surface area contributed by atoms with Gasteiger partial charge in [0.2, 0.25) is 10.0 Å². The smallest absolute Gasteiger partial charge is 0.207 e. The topological polar surface area (TPSA) is 37.4 Å². The Bertz CT molecular complexity index is 919. The van der Waals surface area contributed by atoms with Crippen LogP contribution >= 0.6 is 23.4 Å². The molecule has 9 heteroatoms. The van der Waals surface area contributed by atoms with E-state index in [1.165, 1.54) is 10.4 Å². The summed E-state index contributed by atoms with van der Waals surface area (Å²) in [6, 6.07) is 11.3. The van der Waals surface area contributed by atoms with Crippen LogP contribution < -0.4 is 0 Å². The lowest BCUT2D eigenvalue weighted by atomic mass is 10.1. The summed E-state index contributed by atoms with van der Waals surface area (Å²) < 4.78 is 65.7. The van der Waals surface area contributed by atoms with Crippen LogP contribution in [-0.2, 0) is 16.2 Å². The molecule has 0 N–H and O–H groups in total. The van der Waals surface area contributed by atoms with Crippen LogP contribution in [0.4, 0.5) is 13.2 Å². The predicted molar refractivity (Wildman–Crippen MR) is 101 cm³/mol. The third-order valence-electron chi connectivity index (χ3n) is 4.35. The van der Waals surface area contributed by atoms with Gasteiger partial charge >= 0.3 is 6.18 Å². The Balaban J connectivity index is 1.82. The van der Waals surface area contributed by atoms with Crippen LogP contribution in [0.1, 0.15) is 22.8 Å². The van der Waals surface area contributed by atoms with E-state index in [9.17, 15) is 21.6 Å². The Morgan fingerprint density at radius 2 is 1.81 bits per heavy atom. The fraction of sp³-hybridized carbons (Fsp3) is 0.333. The molecule has 0 amide bonds. The number of rotatable bonds is 3. The zero-order valence-electron chi connectivity index (χ0n) is 14.1. The first-order valence-electron chi connectivity index (χ1n) is 8.23. The van der Waals surface area contributed by atoms with Gasteiger partial charge in [0, 0.05) is 29.1 Å². The van der Waals surface area contributed by atoms with Gasteiger partial charge in [-0.2, -0.15) is 29.2 Å². The van der Waals surface area contributed by atoms with Gasteiger partial charge in [-0.3, -0.25) is 0 Å². The normalized spacial score (nSPS) is 19.6. The maximum Gasteiger partial charge on any atom is 0.416 e. The van der Waals surface area contributed by atoms with Gasteiger partial charge in [-0.25, -0.2) is 8.42 Å². The summed E-state index contributed by atoms with van der Waals surface area (Å²) in [6.45, 7) is 0.464. The van der Waals surface area contributed by atoms with E-state index in [2.05, 4.69) is 0 Å². The summed E-state index contributed by atoms with van der Waals surface area (Å²) in [7, 11) is -4.00. The maximum atomic E-state index is 12.9. The molecule has 1 aliphatic heterocycles. The van der Waals surface area contributed by atoms with Crippen LogP contribution in [0.15, 0.2) is 53.4 Å². The predicted octanol–water partition coefficient (Wildman–Crippen LogP) is 5.23. The number of nitrogens with zero attached hydrogens (tertiary/aromatic N) is 1. The molecule has 1 aliphatic rings. The van der Waals surface area contributed by atoms with Gasteiger partial charge in [0.1, 0.15) is 0 Å². The largest absolute Gasteiger partial charge is 0.416 e. The first kappa shape index (κ1) is 20.5. The van der Waals surface area contributed by atoms with E-state index in [0.717, 1.165) is 17.7 Å². The lowest BCUT2D eigenvalue weighted by Gasteiger charge is -2.21. The first-order chi connectivity index (χ1) is 12.7. The second-order valence-electron chi connectivity index (χ2n) is 6.10. The summed E-state index contributed by atoms with van der Waals surface area (Å²) in [5, 5.41) is 0.671. The molecule has 0 aliphatic carbocycles. The Morgan fingerprint density at radius 3 is 2.52 bits per heavy atom. The van der Waals surface area contributed by atoms with E-state index in [1.807, 2.05) is 18.2 Å². The van der Waals surface area contributed by atoms with Crippen molar-refractivity contribution in [3.05, 3.63) is 64.7 Å². The van der Waals surface area contributed by atoms with Gasteiger partial charge in [-0.1, -0.05) is 35.9 Å². The average molecular weight is 436 g/mol. The van der Waals surface area contributed by atoms with Gasteiger partial charge < -0.3 is 0 Å². The van der Waals surface area contributed by atoms with E-state index in [4.69, 9.17) is 11.6 Å². The Kier molecular flexibility index (Phi) is 6.10. The van der Waals surface area contributed by atoms with Gasteiger partial charge in [0.25, 0.3) is 0 Å². The fourth-order valence-electron chi connectivity index (χ4n) is 2.96. The van der Waals surface area contributed by atoms with Crippen molar-refractivity contribution in [2.45, 2.75) is 22.7 Å². The van der Waals surface area contributed by atoms with E-state index in [-0.39, 0.29) is 23.2 Å². The Morgan fingerprint density at radius 1 is 1.07 bits per heavy atom. The van der Waals surface area contributed by atoms with Crippen molar-refractivity contribution in [1.29, 1.82) is 0 Å². The highest BCUT2D eigenvalue weighted by Crippen LogP contribution is 2.39. The molecule has 3 rings (SSSR count). The minimum absolute atomic E-state index is 0.0420. The van der Waals surface area contributed by atoms with Crippen molar-refractivity contribution in [3.63, 3.8) is 0 Å². The SMILES string of the molecule is O=S(=O)(c1cccc(C(F)(F)F)c1)N1CCSC(c2ccccc2Cl)CC1. The third kappa shape index (κ3) is 4.62. The number of thioether (sulfide) groups is 1. The molecular formula is C18H17ClF3NO2S2. The Hall–Kier alpha value is -1.22. The van der Waals surface area contributed by atoms with Gasteiger partial charge in [-0.05, 0) is 36.2 Å². The van der Waals surface area contributed by atoms with Gasteiger partial charge in [0.15, 0.2) is 0 Å². The molecule has 2 aromatic rings. The standard InChI is InChI=1S/C18H17ClF3NO2S2/c19-16-7-2-1-6-15(16)17-8-9-23(10-11-26-17)27(24,25)14-5-3-4-13(12-14)18(20,21)22/h1-7,12,17H,8-11H2. The number of hydrogen-bond donors (Lipinski definition) is 0. The monoisotopic (exact) mass is 435 g/mol. The van der Waals surface area contributed by atoms with Crippen molar-refractivity contribution in [3.8, 4) is 0 Å². The molecule has 27 heavy (non-hydrogen) atoms. The molecular weight excluding hydrogens is 419 g/mol. The summed E-state index contributed by atoms with van der Waals surface area (Å²) in [5.74, 6) is 0.536. The second-order valence-corrected chi connectivity index (χ2v) is 9.76. The lowest BCUT2D eigenvalue weighted by molar-refractivity contribution is -0.137. The number of sulfonamides is 1. The second kappa shape index (κ2) is 8.03. The molecule has 146 valence electrons. The average Bonchev–Trinajstić information content (AvgIpc) is 2.88. The molecule has 1 unspecified atom stereocenters. The van der Waals surface area contributed by atoms with Crippen LogP contribution in [-0.4, -0.2) is 31.6 Å². The van der Waals surface area contributed by atoms with Crippen LogP contribution in [0.3, 0.4) is 0 Å². The molecule has 0 bridgehead atoms. The van der Waals surface area contributed by atoms with Gasteiger partial charge in [-0.15, -0.1) is 0 Å². The molecule has 1 fully saturated rings. The number of hydrogen-bond acceptors (Lipinski definition) is 3. The van der Waals surface area contributed by atoms with Crippen molar-refractivity contribution >= 4 is 33.4 Å². The molecule has 1 heterocycles. The molecule has 1 saturated heterocycles. The van der Waals surface area contributed by atoms with Crippen LogP contribution in [0, 0.1) is 0 Å².